The van der Waals surface area contributed by atoms with Gasteiger partial charge in [0.2, 0.25) is 0 Å². The van der Waals surface area contributed by atoms with E-state index in [2.05, 4.69) is 5.32 Å². The van der Waals surface area contributed by atoms with Gasteiger partial charge in [-0.1, -0.05) is 48.0 Å². The topological polar surface area (TPSA) is 38.3 Å². The van der Waals surface area contributed by atoms with E-state index in [0.717, 1.165) is 5.56 Å². The first kappa shape index (κ1) is 13.4. The zero-order valence-corrected chi connectivity index (χ0v) is 10.7. The number of halogens is 2. The number of anilines is 1. The fourth-order valence-corrected chi connectivity index (χ4v) is 1.69. The molecule has 0 bridgehead atoms. The van der Waals surface area contributed by atoms with Crippen molar-refractivity contribution >= 4 is 23.4 Å². The summed E-state index contributed by atoms with van der Waals surface area (Å²) in [5.74, 6) is -0.607. The smallest absolute Gasteiger partial charge is 0.412 e. The number of hydrogen-bond acceptors (Lipinski definition) is 2. The van der Waals surface area contributed by atoms with Crippen molar-refractivity contribution < 1.29 is 13.9 Å². The van der Waals surface area contributed by atoms with Gasteiger partial charge in [0.05, 0.1) is 10.7 Å². The number of amides is 1. The van der Waals surface area contributed by atoms with Gasteiger partial charge in [-0.05, 0) is 17.7 Å². The van der Waals surface area contributed by atoms with Crippen molar-refractivity contribution in [1.29, 1.82) is 0 Å². The average Bonchev–Trinajstić information content (AvgIpc) is 2.42. The highest BCUT2D eigenvalue weighted by Gasteiger charge is 2.11. The van der Waals surface area contributed by atoms with Crippen molar-refractivity contribution in [1.82, 2.24) is 0 Å². The average molecular weight is 280 g/mol. The Balaban J connectivity index is 1.95. The Morgan fingerprint density at radius 2 is 1.89 bits per heavy atom. The number of carbonyl (C=O) groups excluding carboxylic acids is 1. The zero-order valence-electron chi connectivity index (χ0n) is 9.90. The Morgan fingerprint density at radius 1 is 1.16 bits per heavy atom. The molecule has 0 atom stereocenters. The van der Waals surface area contributed by atoms with Crippen molar-refractivity contribution in [3.8, 4) is 0 Å². The molecule has 0 fully saturated rings. The summed E-state index contributed by atoms with van der Waals surface area (Å²) in [5.41, 5.74) is 0.763. The number of para-hydroxylation sites is 1. The normalized spacial score (nSPS) is 10.0. The lowest BCUT2D eigenvalue weighted by molar-refractivity contribution is 0.155. The molecule has 0 saturated carbocycles. The van der Waals surface area contributed by atoms with Crippen LogP contribution in [-0.2, 0) is 11.3 Å². The van der Waals surface area contributed by atoms with Gasteiger partial charge in [0.15, 0.2) is 0 Å². The number of benzene rings is 2. The molecule has 0 unspecified atom stereocenters. The summed E-state index contributed by atoms with van der Waals surface area (Å²) < 4.78 is 18.4. The molecule has 3 nitrogen and oxygen atoms in total. The van der Waals surface area contributed by atoms with Crippen molar-refractivity contribution in [2.45, 2.75) is 6.61 Å². The largest absolute Gasteiger partial charge is 0.444 e. The van der Waals surface area contributed by atoms with Crippen molar-refractivity contribution in [3.05, 3.63) is 64.9 Å². The molecule has 0 saturated heterocycles. The van der Waals surface area contributed by atoms with Gasteiger partial charge in [-0.25, -0.2) is 9.18 Å². The molecule has 2 aromatic rings. The standard InChI is InChI=1S/C14H11ClFNO2/c15-11-7-4-8-12(16)13(11)17-14(18)19-9-10-5-2-1-3-6-10/h1-8H,9H2,(H,17,18). The third-order valence-electron chi connectivity index (χ3n) is 2.40. The Kier molecular flexibility index (Phi) is 4.36. The second kappa shape index (κ2) is 6.20. The molecule has 0 aliphatic carbocycles. The molecule has 1 N–H and O–H groups in total. The number of nitrogens with one attached hydrogen (secondary N) is 1. The monoisotopic (exact) mass is 279 g/mol. The SMILES string of the molecule is O=C(Nc1c(F)cccc1Cl)OCc1ccccc1. The van der Waals surface area contributed by atoms with E-state index in [1.165, 1.54) is 18.2 Å². The van der Waals surface area contributed by atoms with Crippen LogP contribution in [-0.4, -0.2) is 6.09 Å². The molecule has 98 valence electrons. The quantitative estimate of drug-likeness (QED) is 0.913. The van der Waals surface area contributed by atoms with Crippen molar-refractivity contribution in [3.63, 3.8) is 0 Å². The maximum absolute atomic E-state index is 13.4. The predicted molar refractivity (Wildman–Crippen MR) is 71.7 cm³/mol. The number of ether oxygens (including phenoxy) is 1. The first-order valence-electron chi connectivity index (χ1n) is 5.58. The summed E-state index contributed by atoms with van der Waals surface area (Å²) in [6.07, 6.45) is -0.754. The first-order valence-corrected chi connectivity index (χ1v) is 5.96. The van der Waals surface area contributed by atoms with Gasteiger partial charge >= 0.3 is 6.09 Å². The second-order valence-corrected chi connectivity index (χ2v) is 4.19. The summed E-state index contributed by atoms with van der Waals surface area (Å²) in [7, 11) is 0. The Morgan fingerprint density at radius 3 is 2.58 bits per heavy atom. The van der Waals surface area contributed by atoms with Crippen molar-refractivity contribution in [2.24, 2.45) is 0 Å². The van der Waals surface area contributed by atoms with E-state index in [1.807, 2.05) is 30.3 Å². The van der Waals surface area contributed by atoms with Crippen LogP contribution in [0.15, 0.2) is 48.5 Å². The van der Waals surface area contributed by atoms with Crippen LogP contribution in [0.5, 0.6) is 0 Å². The Labute approximate surface area is 115 Å². The van der Waals surface area contributed by atoms with Crippen LogP contribution >= 0.6 is 11.6 Å². The molecule has 0 aliphatic rings. The van der Waals surface area contributed by atoms with E-state index in [0.29, 0.717) is 0 Å². The fourth-order valence-electron chi connectivity index (χ4n) is 1.48. The molecule has 19 heavy (non-hydrogen) atoms. The Hall–Kier alpha value is -2.07. The molecule has 2 aromatic carbocycles. The van der Waals surface area contributed by atoms with E-state index in [-0.39, 0.29) is 17.3 Å². The number of carbonyl (C=O) groups is 1. The van der Waals surface area contributed by atoms with Crippen molar-refractivity contribution in [2.75, 3.05) is 5.32 Å². The van der Waals surface area contributed by atoms with Gasteiger partial charge in [-0.3, -0.25) is 5.32 Å². The number of rotatable bonds is 3. The third-order valence-corrected chi connectivity index (χ3v) is 2.72. The molecule has 0 aromatic heterocycles. The molecule has 0 radical (unpaired) electrons. The van der Waals surface area contributed by atoms with Gasteiger partial charge in [-0.2, -0.15) is 0 Å². The molecular weight excluding hydrogens is 269 g/mol. The Bertz CT molecular complexity index is 555. The van der Waals surface area contributed by atoms with Crippen LogP contribution in [0.4, 0.5) is 14.9 Å². The van der Waals surface area contributed by atoms with E-state index >= 15 is 0 Å². The summed E-state index contributed by atoms with van der Waals surface area (Å²) in [6.45, 7) is 0.110. The molecule has 0 heterocycles. The lowest BCUT2D eigenvalue weighted by atomic mass is 10.2. The van der Waals surface area contributed by atoms with Crippen LogP contribution in [0.1, 0.15) is 5.56 Å². The molecule has 2 rings (SSSR count). The highest BCUT2D eigenvalue weighted by Crippen LogP contribution is 2.24. The fraction of sp³-hybridized carbons (Fsp3) is 0.0714. The highest BCUT2D eigenvalue weighted by atomic mass is 35.5. The summed E-state index contributed by atoms with van der Waals surface area (Å²) in [5, 5.41) is 2.40. The van der Waals surface area contributed by atoms with Gasteiger partial charge < -0.3 is 4.74 Å². The van der Waals surface area contributed by atoms with Gasteiger partial charge in [-0.15, -0.1) is 0 Å². The first-order chi connectivity index (χ1) is 9.16. The second-order valence-electron chi connectivity index (χ2n) is 3.78. The number of hydrogen-bond donors (Lipinski definition) is 1. The van der Waals surface area contributed by atoms with Gasteiger partial charge in [0.1, 0.15) is 12.4 Å². The van der Waals surface area contributed by atoms with E-state index in [1.54, 1.807) is 0 Å². The molecule has 0 aliphatic heterocycles. The van der Waals surface area contributed by atoms with E-state index in [9.17, 15) is 9.18 Å². The van der Waals surface area contributed by atoms with Crippen LogP contribution in [0.3, 0.4) is 0 Å². The van der Waals surface area contributed by atoms with Gasteiger partial charge in [0.25, 0.3) is 0 Å². The minimum absolute atomic E-state index is 0.0813. The molecule has 1 amide bonds. The summed E-state index contributed by atoms with van der Waals surface area (Å²) in [6, 6.07) is 13.3. The lowest BCUT2D eigenvalue weighted by Crippen LogP contribution is -2.14. The summed E-state index contributed by atoms with van der Waals surface area (Å²) in [4.78, 5) is 11.5. The van der Waals surface area contributed by atoms with Crippen LogP contribution in [0, 0.1) is 5.82 Å². The van der Waals surface area contributed by atoms with Crippen LogP contribution in [0.2, 0.25) is 5.02 Å². The van der Waals surface area contributed by atoms with Crippen LogP contribution < -0.4 is 5.32 Å². The maximum atomic E-state index is 13.4. The molecular formula is C14H11ClFNO2. The predicted octanol–water partition coefficient (Wildman–Crippen LogP) is 4.23. The van der Waals surface area contributed by atoms with E-state index in [4.69, 9.17) is 16.3 Å². The minimum atomic E-state index is -0.754. The third kappa shape index (κ3) is 3.69. The van der Waals surface area contributed by atoms with E-state index < -0.39 is 11.9 Å². The van der Waals surface area contributed by atoms with Gasteiger partial charge in [0, 0.05) is 0 Å². The lowest BCUT2D eigenvalue weighted by Gasteiger charge is -2.09. The maximum Gasteiger partial charge on any atom is 0.412 e. The minimum Gasteiger partial charge on any atom is -0.444 e. The highest BCUT2D eigenvalue weighted by molar-refractivity contribution is 6.33. The summed E-state index contributed by atoms with van der Waals surface area (Å²) >= 11 is 5.78. The molecule has 5 heteroatoms. The zero-order chi connectivity index (χ0) is 13.7. The van der Waals surface area contributed by atoms with Crippen LogP contribution in [0.25, 0.3) is 0 Å². The molecule has 0 spiro atoms.